The molecule has 0 spiro atoms. The van der Waals surface area contributed by atoms with Gasteiger partial charge < -0.3 is 10.6 Å². The predicted octanol–water partition coefficient (Wildman–Crippen LogP) is 2.28. The van der Waals surface area contributed by atoms with Gasteiger partial charge in [-0.3, -0.25) is 9.48 Å². The summed E-state index contributed by atoms with van der Waals surface area (Å²) in [6.45, 7) is 1.95. The number of amides is 1. The van der Waals surface area contributed by atoms with Crippen molar-refractivity contribution in [1.82, 2.24) is 20.4 Å². The van der Waals surface area contributed by atoms with Crippen LogP contribution in [0.1, 0.15) is 24.0 Å². The summed E-state index contributed by atoms with van der Waals surface area (Å²) in [7, 11) is 0. The van der Waals surface area contributed by atoms with Crippen molar-refractivity contribution in [3.05, 3.63) is 53.6 Å². The van der Waals surface area contributed by atoms with E-state index in [4.69, 9.17) is 0 Å². The number of hydrogen-bond donors (Lipinski definition) is 2. The summed E-state index contributed by atoms with van der Waals surface area (Å²) in [4.78, 5) is 13.0. The number of rotatable bonds is 6. The third kappa shape index (κ3) is 3.88. The Kier molecular flexibility index (Phi) is 5.75. The number of carbonyl (C=O) groups excluding carboxylic acids is 1. The molecule has 2 N–H and O–H groups in total. The Morgan fingerprint density at radius 2 is 2.20 bits per heavy atom. The van der Waals surface area contributed by atoms with E-state index < -0.39 is 5.54 Å². The molecule has 1 aliphatic rings. The molecule has 2 heterocycles. The van der Waals surface area contributed by atoms with Gasteiger partial charge in [0.25, 0.3) is 0 Å². The molecule has 1 fully saturated rings. The molecule has 1 aliphatic heterocycles. The summed E-state index contributed by atoms with van der Waals surface area (Å²) >= 11 is 1.64. The van der Waals surface area contributed by atoms with Crippen LogP contribution in [0, 0.1) is 5.82 Å². The summed E-state index contributed by atoms with van der Waals surface area (Å²) in [5, 5.41) is 10.7. The van der Waals surface area contributed by atoms with E-state index in [0.717, 1.165) is 30.0 Å². The fraction of sp³-hybridized carbons (Fsp3) is 0.444. The van der Waals surface area contributed by atoms with Crippen molar-refractivity contribution >= 4 is 17.7 Å². The quantitative estimate of drug-likeness (QED) is 0.828. The minimum absolute atomic E-state index is 0.0304. The number of piperidine rings is 1. The van der Waals surface area contributed by atoms with E-state index in [1.165, 1.54) is 6.07 Å². The summed E-state index contributed by atoms with van der Waals surface area (Å²) in [5.41, 5.74) is 1.22. The Morgan fingerprint density at radius 1 is 1.40 bits per heavy atom. The van der Waals surface area contributed by atoms with Gasteiger partial charge in [-0.1, -0.05) is 6.07 Å². The number of nitrogens with zero attached hydrogens (tertiary/aromatic N) is 2. The number of benzene rings is 1. The molecule has 2 aromatic rings. The molecule has 3 rings (SSSR count). The molecule has 7 heteroatoms. The van der Waals surface area contributed by atoms with E-state index in [1.54, 1.807) is 34.8 Å². The Balaban J connectivity index is 1.77. The highest BCUT2D eigenvalue weighted by atomic mass is 32.2. The molecule has 0 bridgehead atoms. The summed E-state index contributed by atoms with van der Waals surface area (Å²) in [5.74, 6) is 0.444. The second-order valence-electron chi connectivity index (χ2n) is 6.26. The zero-order valence-corrected chi connectivity index (χ0v) is 15.1. The predicted molar refractivity (Wildman–Crippen MR) is 97.8 cm³/mol. The van der Waals surface area contributed by atoms with Crippen LogP contribution in [0.4, 0.5) is 4.39 Å². The van der Waals surface area contributed by atoms with Crippen molar-refractivity contribution < 1.29 is 9.18 Å². The molecule has 25 heavy (non-hydrogen) atoms. The van der Waals surface area contributed by atoms with Crippen molar-refractivity contribution in [3.63, 3.8) is 0 Å². The molecule has 1 aromatic carbocycles. The van der Waals surface area contributed by atoms with Crippen molar-refractivity contribution in [3.8, 4) is 0 Å². The highest BCUT2D eigenvalue weighted by molar-refractivity contribution is 7.97. The van der Waals surface area contributed by atoms with Crippen LogP contribution in [-0.4, -0.2) is 35.0 Å². The van der Waals surface area contributed by atoms with E-state index in [-0.39, 0.29) is 11.7 Å². The van der Waals surface area contributed by atoms with Crippen LogP contribution in [0.15, 0.2) is 36.7 Å². The minimum atomic E-state index is -0.658. The van der Waals surface area contributed by atoms with Gasteiger partial charge in [0.2, 0.25) is 5.91 Å². The maximum Gasteiger partial charge on any atom is 0.248 e. The second kappa shape index (κ2) is 8.01. The molecule has 5 nitrogen and oxygen atoms in total. The Morgan fingerprint density at radius 3 is 2.88 bits per heavy atom. The van der Waals surface area contributed by atoms with Crippen molar-refractivity contribution in [2.75, 3.05) is 19.3 Å². The third-order valence-electron chi connectivity index (χ3n) is 4.70. The number of nitrogens with one attached hydrogen (secondary N) is 2. The van der Waals surface area contributed by atoms with Crippen LogP contribution >= 0.6 is 11.8 Å². The van der Waals surface area contributed by atoms with E-state index >= 15 is 0 Å². The fourth-order valence-corrected chi connectivity index (χ4v) is 3.90. The van der Waals surface area contributed by atoms with E-state index in [9.17, 15) is 9.18 Å². The van der Waals surface area contributed by atoms with E-state index in [2.05, 4.69) is 15.7 Å². The molecule has 0 atom stereocenters. The highest BCUT2D eigenvalue weighted by Crippen LogP contribution is 2.27. The smallest absolute Gasteiger partial charge is 0.248 e. The fourth-order valence-electron chi connectivity index (χ4n) is 3.32. The number of thioether (sulfide) groups is 1. The largest absolute Gasteiger partial charge is 0.350 e. The number of aromatic nitrogens is 2. The first kappa shape index (κ1) is 17.9. The van der Waals surface area contributed by atoms with Gasteiger partial charge in [-0.25, -0.2) is 4.39 Å². The molecule has 134 valence electrons. The molecule has 1 amide bonds. The average Bonchev–Trinajstić information content (AvgIpc) is 3.17. The Labute approximate surface area is 151 Å². The standard InChI is InChI=1S/C18H23FN4OS/c1-25-13-15-11-16(19)4-3-14(15)12-21-17(24)18(5-8-20-9-6-18)23-10-2-7-22-23/h2-4,7,10-11,20H,5-6,8-9,12-13H2,1H3,(H,21,24). The zero-order valence-electron chi connectivity index (χ0n) is 14.3. The first-order chi connectivity index (χ1) is 12.2. The lowest BCUT2D eigenvalue weighted by Gasteiger charge is -2.36. The van der Waals surface area contributed by atoms with Crippen LogP contribution in [0.25, 0.3) is 0 Å². The normalized spacial score (nSPS) is 16.6. The molecular weight excluding hydrogens is 339 g/mol. The van der Waals surface area contributed by atoms with Gasteiger partial charge in [0, 0.05) is 24.7 Å². The monoisotopic (exact) mass is 362 g/mol. The maximum atomic E-state index is 13.5. The SMILES string of the molecule is CSCc1cc(F)ccc1CNC(=O)C1(n2cccn2)CCNCC1. The molecule has 1 saturated heterocycles. The Hall–Kier alpha value is -1.86. The van der Waals surface area contributed by atoms with Gasteiger partial charge in [0.05, 0.1) is 0 Å². The van der Waals surface area contributed by atoms with Gasteiger partial charge in [0.1, 0.15) is 11.4 Å². The molecule has 0 saturated carbocycles. The summed E-state index contributed by atoms with van der Waals surface area (Å²) in [6, 6.07) is 6.59. The van der Waals surface area contributed by atoms with E-state index in [1.807, 2.05) is 18.5 Å². The van der Waals surface area contributed by atoms with Crippen LogP contribution in [0.3, 0.4) is 0 Å². The van der Waals surface area contributed by atoms with Gasteiger partial charge in [-0.05, 0) is 61.5 Å². The van der Waals surface area contributed by atoms with Gasteiger partial charge in [-0.15, -0.1) is 0 Å². The Bertz CT molecular complexity index is 714. The van der Waals surface area contributed by atoms with Gasteiger partial charge >= 0.3 is 0 Å². The number of halogens is 1. The van der Waals surface area contributed by atoms with Crippen LogP contribution in [-0.2, 0) is 22.6 Å². The molecule has 1 aromatic heterocycles. The maximum absolute atomic E-state index is 13.5. The average molecular weight is 362 g/mol. The second-order valence-corrected chi connectivity index (χ2v) is 7.13. The first-order valence-corrected chi connectivity index (χ1v) is 9.80. The van der Waals surface area contributed by atoms with Crippen molar-refractivity contribution in [1.29, 1.82) is 0 Å². The van der Waals surface area contributed by atoms with Crippen molar-refractivity contribution in [2.24, 2.45) is 0 Å². The van der Waals surface area contributed by atoms with Crippen LogP contribution in [0.2, 0.25) is 0 Å². The van der Waals surface area contributed by atoms with Crippen molar-refractivity contribution in [2.45, 2.75) is 30.7 Å². The summed E-state index contributed by atoms with van der Waals surface area (Å²) in [6.07, 6.45) is 6.92. The zero-order chi connectivity index (χ0) is 17.7. The van der Waals surface area contributed by atoms with Gasteiger partial charge in [-0.2, -0.15) is 16.9 Å². The molecule has 0 radical (unpaired) electrons. The lowest BCUT2D eigenvalue weighted by Crippen LogP contribution is -2.54. The first-order valence-electron chi connectivity index (χ1n) is 8.41. The van der Waals surface area contributed by atoms with Crippen LogP contribution < -0.4 is 10.6 Å². The third-order valence-corrected chi connectivity index (χ3v) is 5.30. The topological polar surface area (TPSA) is 59.0 Å². The minimum Gasteiger partial charge on any atom is -0.350 e. The van der Waals surface area contributed by atoms with E-state index in [0.29, 0.717) is 19.4 Å². The van der Waals surface area contributed by atoms with Crippen LogP contribution in [0.5, 0.6) is 0 Å². The summed E-state index contributed by atoms with van der Waals surface area (Å²) < 4.78 is 15.3. The number of hydrogen-bond acceptors (Lipinski definition) is 4. The molecular formula is C18H23FN4OS. The lowest BCUT2D eigenvalue weighted by atomic mass is 9.87. The van der Waals surface area contributed by atoms with Gasteiger partial charge in [0.15, 0.2) is 0 Å². The lowest BCUT2D eigenvalue weighted by molar-refractivity contribution is -0.132. The highest BCUT2D eigenvalue weighted by Gasteiger charge is 2.41. The molecule has 0 aliphatic carbocycles. The number of carbonyl (C=O) groups is 1. The molecule has 0 unspecified atom stereocenters.